The van der Waals surface area contributed by atoms with E-state index in [0.29, 0.717) is 28.5 Å². The highest BCUT2D eigenvalue weighted by Crippen LogP contribution is 2.27. The van der Waals surface area contributed by atoms with Gasteiger partial charge in [-0.2, -0.15) is 0 Å². The molecule has 0 saturated heterocycles. The van der Waals surface area contributed by atoms with Gasteiger partial charge in [0.15, 0.2) is 0 Å². The van der Waals surface area contributed by atoms with Gasteiger partial charge in [-0.25, -0.2) is 9.97 Å². The van der Waals surface area contributed by atoms with E-state index >= 15 is 0 Å². The molecule has 7 heteroatoms. The Bertz CT molecular complexity index is 1170. The summed E-state index contributed by atoms with van der Waals surface area (Å²) < 4.78 is 5.15. The number of ether oxygens (including phenoxy) is 1. The average Bonchev–Trinajstić information content (AvgIpc) is 2.69. The Labute approximate surface area is 155 Å². The fourth-order valence-corrected chi connectivity index (χ4v) is 2.78. The van der Waals surface area contributed by atoms with Gasteiger partial charge in [0.05, 0.1) is 30.6 Å². The van der Waals surface area contributed by atoms with Gasteiger partial charge in [0.2, 0.25) is 5.88 Å². The molecular formula is C20H17N5O2. The second kappa shape index (κ2) is 6.87. The molecule has 3 heterocycles. The zero-order valence-electron chi connectivity index (χ0n) is 14.9. The van der Waals surface area contributed by atoms with Gasteiger partial charge >= 0.3 is 0 Å². The molecule has 4 rings (SSSR count). The lowest BCUT2D eigenvalue weighted by atomic mass is 10.1. The first kappa shape index (κ1) is 16.7. The van der Waals surface area contributed by atoms with E-state index in [9.17, 15) is 4.79 Å². The van der Waals surface area contributed by atoms with E-state index in [1.165, 1.54) is 13.3 Å². The third-order valence-corrected chi connectivity index (χ3v) is 4.15. The molecule has 0 radical (unpaired) electrons. The molecule has 134 valence electrons. The number of hydrogen-bond donors (Lipinski definition) is 2. The molecular weight excluding hydrogens is 342 g/mol. The van der Waals surface area contributed by atoms with E-state index < -0.39 is 0 Å². The number of aryl methyl sites for hydroxylation is 1. The molecule has 3 aromatic heterocycles. The molecule has 0 aliphatic rings. The highest BCUT2D eigenvalue weighted by Gasteiger charge is 2.13. The number of fused-ring (bicyclic) bond motifs is 1. The van der Waals surface area contributed by atoms with Crippen LogP contribution in [-0.2, 0) is 0 Å². The van der Waals surface area contributed by atoms with Crippen molar-refractivity contribution in [2.45, 2.75) is 6.92 Å². The number of aromatic amines is 1. The Morgan fingerprint density at radius 2 is 1.85 bits per heavy atom. The van der Waals surface area contributed by atoms with Crippen molar-refractivity contribution >= 4 is 22.3 Å². The second-order valence-electron chi connectivity index (χ2n) is 6.06. The minimum Gasteiger partial charge on any atom is -0.480 e. The summed E-state index contributed by atoms with van der Waals surface area (Å²) in [4.78, 5) is 28.3. The first-order valence-electron chi connectivity index (χ1n) is 8.36. The SMILES string of the molecule is COc1cncc(-c2cc3cc[nH]c(=O)c3c(Nc3ccc(C)cc3)n2)n1. The first-order valence-corrected chi connectivity index (χ1v) is 8.36. The number of anilines is 2. The van der Waals surface area contributed by atoms with Crippen molar-refractivity contribution in [1.29, 1.82) is 0 Å². The largest absolute Gasteiger partial charge is 0.480 e. The minimum absolute atomic E-state index is 0.210. The summed E-state index contributed by atoms with van der Waals surface area (Å²) in [6.07, 6.45) is 4.75. The normalized spacial score (nSPS) is 10.7. The van der Waals surface area contributed by atoms with Gasteiger partial charge in [-0.05, 0) is 36.6 Å². The van der Waals surface area contributed by atoms with Gasteiger partial charge in [0.25, 0.3) is 5.56 Å². The van der Waals surface area contributed by atoms with Crippen LogP contribution in [0.2, 0.25) is 0 Å². The molecule has 7 nitrogen and oxygen atoms in total. The van der Waals surface area contributed by atoms with Gasteiger partial charge in [-0.15, -0.1) is 0 Å². The maximum Gasteiger partial charge on any atom is 0.259 e. The Morgan fingerprint density at radius 1 is 1.04 bits per heavy atom. The molecule has 0 bridgehead atoms. The Hall–Kier alpha value is -3.74. The first-order chi connectivity index (χ1) is 13.1. The van der Waals surface area contributed by atoms with Gasteiger partial charge in [-0.1, -0.05) is 17.7 Å². The molecule has 0 aliphatic heterocycles. The lowest BCUT2D eigenvalue weighted by molar-refractivity contribution is 0.396. The maximum absolute atomic E-state index is 12.4. The van der Waals surface area contributed by atoms with Crippen molar-refractivity contribution in [2.24, 2.45) is 0 Å². The number of H-pyrrole nitrogens is 1. The summed E-state index contributed by atoms with van der Waals surface area (Å²) in [5.41, 5.74) is 2.93. The van der Waals surface area contributed by atoms with Crippen molar-refractivity contribution in [2.75, 3.05) is 12.4 Å². The van der Waals surface area contributed by atoms with E-state index in [1.54, 1.807) is 12.4 Å². The fourth-order valence-electron chi connectivity index (χ4n) is 2.78. The Kier molecular flexibility index (Phi) is 4.25. The minimum atomic E-state index is -0.210. The summed E-state index contributed by atoms with van der Waals surface area (Å²) >= 11 is 0. The maximum atomic E-state index is 12.4. The predicted molar refractivity (Wildman–Crippen MR) is 104 cm³/mol. The zero-order valence-corrected chi connectivity index (χ0v) is 14.9. The van der Waals surface area contributed by atoms with Gasteiger partial charge in [0, 0.05) is 11.9 Å². The molecule has 0 saturated carbocycles. The van der Waals surface area contributed by atoms with E-state index in [1.807, 2.05) is 43.3 Å². The molecule has 0 atom stereocenters. The summed E-state index contributed by atoms with van der Waals surface area (Å²) in [6.45, 7) is 2.02. The lowest BCUT2D eigenvalue weighted by Crippen LogP contribution is -2.09. The van der Waals surface area contributed by atoms with Crippen LogP contribution >= 0.6 is 0 Å². The average molecular weight is 359 g/mol. The predicted octanol–water partition coefficient (Wildman–Crippen LogP) is 3.44. The third-order valence-electron chi connectivity index (χ3n) is 4.15. The topological polar surface area (TPSA) is 92.8 Å². The highest BCUT2D eigenvalue weighted by atomic mass is 16.5. The Morgan fingerprint density at radius 3 is 2.63 bits per heavy atom. The smallest absolute Gasteiger partial charge is 0.259 e. The summed E-state index contributed by atoms with van der Waals surface area (Å²) in [7, 11) is 1.53. The Balaban J connectivity index is 1.89. The second-order valence-corrected chi connectivity index (χ2v) is 6.06. The van der Waals surface area contributed by atoms with Gasteiger partial charge in [0.1, 0.15) is 11.5 Å². The molecule has 0 amide bonds. The standard InChI is InChI=1S/C20H17N5O2/c1-12-3-5-14(6-4-12)23-19-18-13(7-8-22-20(18)26)9-15(25-19)16-10-21-11-17(24-16)27-2/h3-11H,1-2H3,(H,22,26)(H,23,25). The number of nitrogens with one attached hydrogen (secondary N) is 2. The summed E-state index contributed by atoms with van der Waals surface area (Å²) in [5, 5.41) is 4.48. The molecule has 1 aromatic carbocycles. The summed E-state index contributed by atoms with van der Waals surface area (Å²) in [6, 6.07) is 11.5. The van der Waals surface area contributed by atoms with Crippen LogP contribution in [0.3, 0.4) is 0 Å². The number of hydrogen-bond acceptors (Lipinski definition) is 6. The number of aromatic nitrogens is 4. The molecule has 4 aromatic rings. The number of rotatable bonds is 4. The van der Waals surface area contributed by atoms with Crippen LogP contribution in [0.4, 0.5) is 11.5 Å². The third kappa shape index (κ3) is 3.35. The zero-order chi connectivity index (χ0) is 18.8. The number of pyridine rings is 2. The lowest BCUT2D eigenvalue weighted by Gasteiger charge is -2.11. The van der Waals surface area contributed by atoms with Gasteiger partial charge < -0.3 is 15.0 Å². The monoisotopic (exact) mass is 359 g/mol. The van der Waals surface area contributed by atoms with Crippen molar-refractivity contribution < 1.29 is 4.74 Å². The highest BCUT2D eigenvalue weighted by molar-refractivity contribution is 5.94. The van der Waals surface area contributed by atoms with Gasteiger partial charge in [-0.3, -0.25) is 9.78 Å². The van der Waals surface area contributed by atoms with Crippen LogP contribution < -0.4 is 15.6 Å². The van der Waals surface area contributed by atoms with E-state index in [-0.39, 0.29) is 5.56 Å². The number of methoxy groups -OCH3 is 1. The van der Waals surface area contributed by atoms with Crippen LogP contribution in [0.25, 0.3) is 22.2 Å². The quantitative estimate of drug-likeness (QED) is 0.580. The van der Waals surface area contributed by atoms with Crippen molar-refractivity contribution in [3.63, 3.8) is 0 Å². The molecule has 0 spiro atoms. The van der Waals surface area contributed by atoms with Crippen LogP contribution in [0, 0.1) is 6.92 Å². The van der Waals surface area contributed by atoms with E-state index in [0.717, 1.165) is 16.6 Å². The number of nitrogens with zero attached hydrogens (tertiary/aromatic N) is 3. The molecule has 2 N–H and O–H groups in total. The molecule has 0 aliphatic carbocycles. The van der Waals surface area contributed by atoms with Crippen LogP contribution in [0.15, 0.2) is 59.8 Å². The van der Waals surface area contributed by atoms with Crippen LogP contribution in [-0.4, -0.2) is 27.0 Å². The summed E-state index contributed by atoms with van der Waals surface area (Å²) in [5.74, 6) is 0.853. The number of benzene rings is 1. The molecule has 0 fully saturated rings. The van der Waals surface area contributed by atoms with E-state index in [2.05, 4.69) is 25.3 Å². The molecule has 27 heavy (non-hydrogen) atoms. The van der Waals surface area contributed by atoms with Crippen LogP contribution in [0.5, 0.6) is 5.88 Å². The van der Waals surface area contributed by atoms with Crippen molar-refractivity contribution in [3.8, 4) is 17.3 Å². The molecule has 0 unspecified atom stereocenters. The van der Waals surface area contributed by atoms with Crippen molar-refractivity contribution in [1.82, 2.24) is 19.9 Å². The van der Waals surface area contributed by atoms with Crippen LogP contribution in [0.1, 0.15) is 5.56 Å². The van der Waals surface area contributed by atoms with E-state index in [4.69, 9.17) is 4.74 Å². The fraction of sp³-hybridized carbons (Fsp3) is 0.100. The van der Waals surface area contributed by atoms with Crippen molar-refractivity contribution in [3.05, 3.63) is 70.9 Å².